The molecule has 2 unspecified atom stereocenters. The Morgan fingerprint density at radius 1 is 1.23 bits per heavy atom. The number of nitrogens with zero attached hydrogens (tertiary/aromatic N) is 1. The SMILES string of the molecule is COCC1(CNS(=O)(=O)C2CCCN(C(=O)C3CCCC3)C2)CCCN1. The van der Waals surface area contributed by atoms with Crippen molar-refractivity contribution in [3.8, 4) is 0 Å². The second kappa shape index (κ2) is 8.54. The topological polar surface area (TPSA) is 87.7 Å². The van der Waals surface area contributed by atoms with Crippen LogP contribution >= 0.6 is 0 Å². The highest BCUT2D eigenvalue weighted by Gasteiger charge is 2.38. The van der Waals surface area contributed by atoms with Crippen molar-refractivity contribution in [1.82, 2.24) is 14.9 Å². The smallest absolute Gasteiger partial charge is 0.225 e. The Balaban J connectivity index is 1.58. The highest BCUT2D eigenvalue weighted by atomic mass is 32.2. The number of amides is 1. The molecule has 150 valence electrons. The molecule has 0 radical (unpaired) electrons. The summed E-state index contributed by atoms with van der Waals surface area (Å²) in [7, 11) is -1.81. The molecule has 0 spiro atoms. The molecule has 8 heteroatoms. The number of ether oxygens (including phenoxy) is 1. The van der Waals surface area contributed by atoms with E-state index >= 15 is 0 Å². The van der Waals surface area contributed by atoms with Crippen LogP contribution in [0.5, 0.6) is 0 Å². The second-order valence-electron chi connectivity index (χ2n) is 8.14. The lowest BCUT2D eigenvalue weighted by Crippen LogP contribution is -2.56. The zero-order chi connectivity index (χ0) is 18.6. The first-order valence-electron chi connectivity index (χ1n) is 9.97. The minimum atomic E-state index is -3.46. The van der Waals surface area contributed by atoms with E-state index in [-0.39, 0.29) is 17.4 Å². The van der Waals surface area contributed by atoms with Gasteiger partial charge >= 0.3 is 0 Å². The van der Waals surface area contributed by atoms with Gasteiger partial charge < -0.3 is 15.0 Å². The molecule has 0 aromatic carbocycles. The molecule has 2 heterocycles. The Morgan fingerprint density at radius 2 is 2.00 bits per heavy atom. The predicted octanol–water partition coefficient (Wildman–Crippen LogP) is 0.856. The maximum Gasteiger partial charge on any atom is 0.225 e. The molecule has 2 aliphatic heterocycles. The molecule has 3 aliphatic rings. The molecule has 2 N–H and O–H groups in total. The van der Waals surface area contributed by atoms with Crippen LogP contribution in [0.3, 0.4) is 0 Å². The molecule has 0 bridgehead atoms. The summed E-state index contributed by atoms with van der Waals surface area (Å²) < 4.78 is 33.8. The first-order valence-corrected chi connectivity index (χ1v) is 11.5. The number of nitrogens with one attached hydrogen (secondary N) is 2. The highest BCUT2D eigenvalue weighted by Crippen LogP contribution is 2.28. The summed E-state index contributed by atoms with van der Waals surface area (Å²) in [5.74, 6) is 0.271. The molecular weight excluding hydrogens is 354 g/mol. The molecule has 1 aliphatic carbocycles. The molecule has 0 aromatic heterocycles. The van der Waals surface area contributed by atoms with Crippen LogP contribution in [0, 0.1) is 5.92 Å². The van der Waals surface area contributed by atoms with Crippen molar-refractivity contribution in [2.75, 3.05) is 39.9 Å². The van der Waals surface area contributed by atoms with Gasteiger partial charge in [-0.15, -0.1) is 0 Å². The first-order chi connectivity index (χ1) is 12.5. The lowest BCUT2D eigenvalue weighted by atomic mass is 9.99. The molecule has 1 saturated carbocycles. The largest absolute Gasteiger partial charge is 0.383 e. The normalized spacial score (nSPS) is 30.8. The summed E-state index contributed by atoms with van der Waals surface area (Å²) in [6, 6.07) is 0. The van der Waals surface area contributed by atoms with E-state index in [2.05, 4.69) is 10.0 Å². The molecule has 26 heavy (non-hydrogen) atoms. The van der Waals surface area contributed by atoms with Crippen molar-refractivity contribution in [3.05, 3.63) is 0 Å². The van der Waals surface area contributed by atoms with Gasteiger partial charge in [0, 0.05) is 32.7 Å². The Labute approximate surface area is 157 Å². The first kappa shape index (κ1) is 20.0. The van der Waals surface area contributed by atoms with E-state index in [0.29, 0.717) is 32.7 Å². The number of carbonyl (C=O) groups is 1. The van der Waals surface area contributed by atoms with Crippen LogP contribution in [0.1, 0.15) is 51.4 Å². The quantitative estimate of drug-likeness (QED) is 0.676. The third kappa shape index (κ3) is 4.58. The Hall–Kier alpha value is -0.700. The van der Waals surface area contributed by atoms with Gasteiger partial charge in [-0.2, -0.15) is 0 Å². The Bertz CT molecular complexity index is 583. The fourth-order valence-electron chi connectivity index (χ4n) is 4.65. The van der Waals surface area contributed by atoms with E-state index < -0.39 is 15.3 Å². The van der Waals surface area contributed by atoms with E-state index in [1.165, 1.54) is 0 Å². The number of carbonyl (C=O) groups excluding carboxylic acids is 1. The lowest BCUT2D eigenvalue weighted by molar-refractivity contribution is -0.136. The zero-order valence-corrected chi connectivity index (χ0v) is 16.7. The third-order valence-corrected chi connectivity index (χ3v) is 8.01. The van der Waals surface area contributed by atoms with Crippen LogP contribution in [0.2, 0.25) is 0 Å². The minimum Gasteiger partial charge on any atom is -0.383 e. The second-order valence-corrected chi connectivity index (χ2v) is 10.2. The lowest BCUT2D eigenvalue weighted by Gasteiger charge is -2.35. The van der Waals surface area contributed by atoms with Crippen LogP contribution in [0.4, 0.5) is 0 Å². The fraction of sp³-hybridized carbons (Fsp3) is 0.944. The van der Waals surface area contributed by atoms with Gasteiger partial charge in [-0.05, 0) is 45.1 Å². The number of hydrogen-bond acceptors (Lipinski definition) is 5. The summed E-state index contributed by atoms with van der Waals surface area (Å²) in [5, 5.41) is 2.88. The standard InChI is InChI=1S/C18H33N3O4S/c1-25-14-18(9-5-10-19-18)13-20-26(23,24)16-8-4-11-21(12-16)17(22)15-6-2-3-7-15/h15-16,19-20H,2-14H2,1H3. The minimum absolute atomic E-state index is 0.108. The number of piperidine rings is 1. The summed E-state index contributed by atoms with van der Waals surface area (Å²) in [6.45, 7) is 2.74. The maximum atomic E-state index is 12.9. The van der Waals surface area contributed by atoms with E-state index in [0.717, 1.165) is 51.5 Å². The maximum absolute atomic E-state index is 12.9. The highest BCUT2D eigenvalue weighted by molar-refractivity contribution is 7.90. The van der Waals surface area contributed by atoms with Gasteiger partial charge in [0.05, 0.1) is 17.4 Å². The summed E-state index contributed by atoms with van der Waals surface area (Å²) in [6.07, 6.45) is 7.44. The van der Waals surface area contributed by atoms with Gasteiger partial charge in [-0.25, -0.2) is 13.1 Å². The van der Waals surface area contributed by atoms with Gasteiger partial charge in [-0.1, -0.05) is 12.8 Å². The molecule has 2 saturated heterocycles. The molecule has 1 amide bonds. The van der Waals surface area contributed by atoms with Gasteiger partial charge in [0.1, 0.15) is 0 Å². The number of methoxy groups -OCH3 is 1. The van der Waals surface area contributed by atoms with Crippen LogP contribution in [0.15, 0.2) is 0 Å². The van der Waals surface area contributed by atoms with Gasteiger partial charge in [0.15, 0.2) is 0 Å². The number of sulfonamides is 1. The molecule has 3 rings (SSSR count). The van der Waals surface area contributed by atoms with Crippen molar-refractivity contribution in [3.63, 3.8) is 0 Å². The van der Waals surface area contributed by atoms with Gasteiger partial charge in [-0.3, -0.25) is 4.79 Å². The average Bonchev–Trinajstić information content (AvgIpc) is 3.33. The van der Waals surface area contributed by atoms with E-state index in [1.807, 2.05) is 0 Å². The van der Waals surface area contributed by atoms with E-state index in [1.54, 1.807) is 12.0 Å². The van der Waals surface area contributed by atoms with E-state index in [4.69, 9.17) is 4.74 Å². The molecule has 0 aromatic rings. The van der Waals surface area contributed by atoms with Crippen molar-refractivity contribution < 1.29 is 17.9 Å². The Morgan fingerprint density at radius 3 is 2.65 bits per heavy atom. The summed E-state index contributed by atoms with van der Waals surface area (Å²) in [5.41, 5.74) is -0.310. The van der Waals surface area contributed by atoms with Gasteiger partial charge in [0.25, 0.3) is 0 Å². The van der Waals surface area contributed by atoms with Crippen molar-refractivity contribution in [2.45, 2.75) is 62.2 Å². The summed E-state index contributed by atoms with van der Waals surface area (Å²) >= 11 is 0. The van der Waals surface area contributed by atoms with Crippen molar-refractivity contribution in [2.24, 2.45) is 5.92 Å². The van der Waals surface area contributed by atoms with Crippen LogP contribution in [0.25, 0.3) is 0 Å². The number of likely N-dealkylation sites (tertiary alicyclic amines) is 1. The van der Waals surface area contributed by atoms with Crippen LogP contribution < -0.4 is 10.0 Å². The number of rotatable bonds is 7. The van der Waals surface area contributed by atoms with Crippen molar-refractivity contribution >= 4 is 15.9 Å². The third-order valence-electron chi connectivity index (χ3n) is 6.20. The summed E-state index contributed by atoms with van der Waals surface area (Å²) in [4.78, 5) is 14.5. The van der Waals surface area contributed by atoms with E-state index in [9.17, 15) is 13.2 Å². The van der Waals surface area contributed by atoms with Crippen molar-refractivity contribution in [1.29, 1.82) is 0 Å². The van der Waals surface area contributed by atoms with Gasteiger partial charge in [0.2, 0.25) is 15.9 Å². The monoisotopic (exact) mass is 387 g/mol. The molecule has 2 atom stereocenters. The average molecular weight is 388 g/mol. The molecule has 7 nitrogen and oxygen atoms in total. The molecule has 3 fully saturated rings. The Kier molecular flexibility index (Phi) is 6.59. The number of hydrogen-bond donors (Lipinski definition) is 2. The zero-order valence-electron chi connectivity index (χ0n) is 15.8. The van der Waals surface area contributed by atoms with Crippen LogP contribution in [-0.2, 0) is 19.6 Å². The van der Waals surface area contributed by atoms with Crippen LogP contribution in [-0.4, -0.2) is 69.9 Å². The fourth-order valence-corrected chi connectivity index (χ4v) is 6.22. The predicted molar refractivity (Wildman–Crippen MR) is 100 cm³/mol. The molecular formula is C18H33N3O4S.